The number of alkyl halides is 1. The van der Waals surface area contributed by atoms with E-state index in [1.165, 1.54) is 12.1 Å². The highest BCUT2D eigenvalue weighted by Gasteiger charge is 2.82. The number of halogens is 1. The standard InChI is InChI=1S/C11H12BrNO/c12-10-6-2-1-3-4(6)9-8(10)5(2)7(3)11(9)13-14/h2-10,14H,1H2/b13-11+/t2-,3-,4+,5-,6-,7+,8-,9+,10+/m1/s1. The van der Waals surface area contributed by atoms with Gasteiger partial charge < -0.3 is 5.21 Å². The Morgan fingerprint density at radius 1 is 1.07 bits per heavy atom. The van der Waals surface area contributed by atoms with Gasteiger partial charge >= 0.3 is 0 Å². The van der Waals surface area contributed by atoms with Crippen molar-refractivity contribution in [1.29, 1.82) is 0 Å². The molecule has 9 atom stereocenters. The average Bonchev–Trinajstić information content (AvgIpc) is 2.85. The van der Waals surface area contributed by atoms with E-state index in [1.807, 2.05) is 0 Å². The molecule has 0 radical (unpaired) electrons. The van der Waals surface area contributed by atoms with E-state index in [1.54, 1.807) is 0 Å². The van der Waals surface area contributed by atoms with Crippen molar-refractivity contribution in [3.05, 3.63) is 0 Å². The zero-order chi connectivity index (χ0) is 9.19. The van der Waals surface area contributed by atoms with E-state index >= 15 is 0 Å². The quantitative estimate of drug-likeness (QED) is 0.400. The van der Waals surface area contributed by atoms with Gasteiger partial charge in [-0.2, -0.15) is 0 Å². The molecule has 0 unspecified atom stereocenters. The van der Waals surface area contributed by atoms with E-state index in [9.17, 15) is 0 Å². The lowest BCUT2D eigenvalue weighted by Gasteiger charge is -2.32. The number of rotatable bonds is 0. The Labute approximate surface area is 90.9 Å². The normalized spacial score (nSPS) is 77.8. The summed E-state index contributed by atoms with van der Waals surface area (Å²) in [7, 11) is 0. The Kier molecular flexibility index (Phi) is 0.940. The van der Waals surface area contributed by atoms with E-state index < -0.39 is 0 Å². The van der Waals surface area contributed by atoms with Crippen molar-refractivity contribution >= 4 is 21.6 Å². The minimum Gasteiger partial charge on any atom is -0.411 e. The molecule has 0 aromatic rings. The fourth-order valence-corrected chi connectivity index (χ4v) is 7.79. The zero-order valence-corrected chi connectivity index (χ0v) is 9.26. The van der Waals surface area contributed by atoms with Crippen molar-refractivity contribution < 1.29 is 5.21 Å². The summed E-state index contributed by atoms with van der Waals surface area (Å²) < 4.78 is 0. The Morgan fingerprint density at radius 2 is 1.86 bits per heavy atom. The predicted molar refractivity (Wildman–Crippen MR) is 54.5 cm³/mol. The summed E-state index contributed by atoms with van der Waals surface area (Å²) in [5.74, 6) is 6.84. The van der Waals surface area contributed by atoms with Crippen LogP contribution in [0, 0.1) is 47.3 Å². The van der Waals surface area contributed by atoms with Gasteiger partial charge in [-0.15, -0.1) is 0 Å². The Morgan fingerprint density at radius 3 is 2.57 bits per heavy atom. The van der Waals surface area contributed by atoms with E-state index in [-0.39, 0.29) is 0 Å². The first-order valence-electron chi connectivity index (χ1n) is 5.70. The van der Waals surface area contributed by atoms with Crippen molar-refractivity contribution in [3.8, 4) is 0 Å². The van der Waals surface area contributed by atoms with Crippen molar-refractivity contribution in [3.63, 3.8) is 0 Å². The second kappa shape index (κ2) is 1.81. The van der Waals surface area contributed by atoms with Crippen LogP contribution in [-0.2, 0) is 0 Å². The molecule has 6 aliphatic carbocycles. The van der Waals surface area contributed by atoms with Gasteiger partial charge in [0.25, 0.3) is 0 Å². The van der Waals surface area contributed by atoms with Gasteiger partial charge in [-0.1, -0.05) is 21.1 Å². The van der Waals surface area contributed by atoms with Crippen molar-refractivity contribution in [1.82, 2.24) is 0 Å². The summed E-state index contributed by atoms with van der Waals surface area (Å²) in [5.41, 5.74) is 1.20. The summed E-state index contributed by atoms with van der Waals surface area (Å²) in [6, 6.07) is 0. The van der Waals surface area contributed by atoms with Gasteiger partial charge in [0.15, 0.2) is 0 Å². The zero-order valence-electron chi connectivity index (χ0n) is 7.68. The van der Waals surface area contributed by atoms with Crippen LogP contribution in [0.25, 0.3) is 0 Å². The molecule has 0 aromatic carbocycles. The minimum absolute atomic E-state index is 0.674. The van der Waals surface area contributed by atoms with Crippen LogP contribution in [0.5, 0.6) is 0 Å². The third kappa shape index (κ3) is 0.427. The summed E-state index contributed by atoms with van der Waals surface area (Å²) in [6.07, 6.45) is 1.44. The molecule has 0 aromatic heterocycles. The largest absolute Gasteiger partial charge is 0.411 e. The first-order chi connectivity index (χ1) is 6.84. The van der Waals surface area contributed by atoms with Crippen LogP contribution in [0.2, 0.25) is 0 Å². The number of nitrogens with zero attached hydrogens (tertiary/aromatic N) is 1. The molecule has 0 saturated heterocycles. The third-order valence-electron chi connectivity index (χ3n) is 6.16. The molecule has 6 bridgehead atoms. The van der Waals surface area contributed by atoms with Crippen LogP contribution in [0.1, 0.15) is 6.42 Å². The molecule has 3 heteroatoms. The molecule has 74 valence electrons. The SMILES string of the molecule is O/N=C1\[C@H]2[C@@H]3C[C@H]4[C@H]5[C@H](Br)[C@@H]([C@@H]1[C@@H]35)[C@H]42. The second-order valence-corrected chi connectivity index (χ2v) is 6.95. The van der Waals surface area contributed by atoms with E-state index in [4.69, 9.17) is 5.21 Å². The summed E-state index contributed by atoms with van der Waals surface area (Å²) in [4.78, 5) is 0.752. The smallest absolute Gasteiger partial charge is 0.0644 e. The van der Waals surface area contributed by atoms with Gasteiger partial charge in [0, 0.05) is 16.7 Å². The maximum Gasteiger partial charge on any atom is 0.0644 e. The molecule has 0 amide bonds. The minimum atomic E-state index is 0.674. The van der Waals surface area contributed by atoms with Gasteiger partial charge in [-0.25, -0.2) is 0 Å². The number of oxime groups is 1. The molecular weight excluding hydrogens is 242 g/mol. The second-order valence-electron chi connectivity index (χ2n) is 5.89. The summed E-state index contributed by atoms with van der Waals surface area (Å²) in [6.45, 7) is 0. The number of hydrogen-bond acceptors (Lipinski definition) is 2. The highest BCUT2D eigenvalue weighted by atomic mass is 79.9. The molecule has 14 heavy (non-hydrogen) atoms. The Balaban J connectivity index is 1.85. The first kappa shape index (κ1) is 7.26. The first-order valence-corrected chi connectivity index (χ1v) is 6.62. The van der Waals surface area contributed by atoms with E-state index in [0.29, 0.717) is 11.8 Å². The third-order valence-corrected chi connectivity index (χ3v) is 7.38. The average molecular weight is 254 g/mol. The molecule has 2 nitrogen and oxygen atoms in total. The monoisotopic (exact) mass is 253 g/mol. The summed E-state index contributed by atoms with van der Waals surface area (Å²) in [5, 5.41) is 12.8. The van der Waals surface area contributed by atoms with Crippen LogP contribution < -0.4 is 0 Å². The van der Waals surface area contributed by atoms with Crippen molar-refractivity contribution in [2.75, 3.05) is 0 Å². The van der Waals surface area contributed by atoms with Gasteiger partial charge in [-0.05, 0) is 41.9 Å². The Bertz CT molecular complexity index is 379. The van der Waals surface area contributed by atoms with Crippen molar-refractivity contribution in [2.24, 2.45) is 52.5 Å². The molecule has 6 saturated carbocycles. The summed E-state index contributed by atoms with van der Waals surface area (Å²) >= 11 is 3.91. The molecule has 0 spiro atoms. The van der Waals surface area contributed by atoms with Crippen LogP contribution in [-0.4, -0.2) is 15.7 Å². The van der Waals surface area contributed by atoms with E-state index in [0.717, 1.165) is 40.3 Å². The van der Waals surface area contributed by atoms with Crippen LogP contribution >= 0.6 is 15.9 Å². The van der Waals surface area contributed by atoms with Gasteiger partial charge in [0.05, 0.1) is 5.71 Å². The van der Waals surface area contributed by atoms with E-state index in [2.05, 4.69) is 21.1 Å². The Hall–Kier alpha value is -0.0500. The van der Waals surface area contributed by atoms with Gasteiger partial charge in [0.1, 0.15) is 0 Å². The van der Waals surface area contributed by atoms with Crippen LogP contribution in [0.3, 0.4) is 0 Å². The molecule has 6 aliphatic rings. The van der Waals surface area contributed by atoms with Gasteiger partial charge in [-0.3, -0.25) is 0 Å². The lowest BCUT2D eigenvalue weighted by Crippen LogP contribution is -2.30. The van der Waals surface area contributed by atoms with Crippen molar-refractivity contribution in [2.45, 2.75) is 11.2 Å². The predicted octanol–water partition coefficient (Wildman–Crippen LogP) is 1.97. The van der Waals surface area contributed by atoms with Gasteiger partial charge in [0.2, 0.25) is 0 Å². The molecule has 6 fully saturated rings. The molecule has 6 rings (SSSR count). The van der Waals surface area contributed by atoms with Crippen LogP contribution in [0.15, 0.2) is 5.16 Å². The fourth-order valence-electron chi connectivity index (χ4n) is 6.36. The fraction of sp³-hybridized carbons (Fsp3) is 0.909. The molecule has 0 aliphatic heterocycles. The lowest BCUT2D eigenvalue weighted by atomic mass is 9.71. The molecule has 1 N–H and O–H groups in total. The lowest BCUT2D eigenvalue weighted by molar-refractivity contribution is 0.132. The topological polar surface area (TPSA) is 32.6 Å². The van der Waals surface area contributed by atoms with Crippen LogP contribution in [0.4, 0.5) is 0 Å². The highest BCUT2D eigenvalue weighted by molar-refractivity contribution is 9.09. The molecule has 0 heterocycles. The number of hydrogen-bond donors (Lipinski definition) is 1. The maximum absolute atomic E-state index is 9.14. The highest BCUT2D eigenvalue weighted by Crippen LogP contribution is 2.82. The maximum atomic E-state index is 9.14. The molecular formula is C11H12BrNO.